The third kappa shape index (κ3) is 6.30. The maximum Gasteiger partial charge on any atom is 0.248 e. The number of pyridine rings is 1. The maximum absolute atomic E-state index is 12.0. The maximum atomic E-state index is 12.0. The van der Waals surface area contributed by atoms with E-state index in [0.29, 0.717) is 23.8 Å². The molecule has 0 fully saturated rings. The van der Waals surface area contributed by atoms with Crippen LogP contribution in [0.5, 0.6) is 11.5 Å². The molecule has 0 aliphatic carbocycles. The van der Waals surface area contributed by atoms with Gasteiger partial charge in [0.1, 0.15) is 6.61 Å². The number of nitrogens with zero attached hydrogens (tertiary/aromatic N) is 1. The van der Waals surface area contributed by atoms with Crippen LogP contribution >= 0.6 is 0 Å². The number of aromatic nitrogens is 1. The van der Waals surface area contributed by atoms with E-state index in [4.69, 9.17) is 9.47 Å². The Kier molecular flexibility index (Phi) is 6.17. The summed E-state index contributed by atoms with van der Waals surface area (Å²) in [5, 5.41) is 2.83. The lowest BCUT2D eigenvalue weighted by atomic mass is 9.96. The third-order valence-electron chi connectivity index (χ3n) is 3.31. The molecule has 0 spiro atoms. The van der Waals surface area contributed by atoms with Gasteiger partial charge in [0.15, 0.2) is 11.5 Å². The van der Waals surface area contributed by atoms with Crippen molar-refractivity contribution in [2.45, 2.75) is 27.4 Å². The fourth-order valence-corrected chi connectivity index (χ4v) is 2.02. The Bertz CT molecular complexity index is 734. The summed E-state index contributed by atoms with van der Waals surface area (Å²) in [4.78, 5) is 16.0. The van der Waals surface area contributed by atoms with Gasteiger partial charge in [-0.2, -0.15) is 0 Å². The lowest BCUT2D eigenvalue weighted by Crippen LogP contribution is -2.10. The molecule has 0 atom stereocenters. The van der Waals surface area contributed by atoms with E-state index in [1.165, 1.54) is 0 Å². The van der Waals surface area contributed by atoms with Crippen LogP contribution < -0.4 is 14.8 Å². The quantitative estimate of drug-likeness (QED) is 0.800. The molecule has 0 saturated heterocycles. The highest BCUT2D eigenvalue weighted by Crippen LogP contribution is 2.31. The molecule has 2 aromatic rings. The smallest absolute Gasteiger partial charge is 0.248 e. The van der Waals surface area contributed by atoms with Crippen molar-refractivity contribution in [3.05, 3.63) is 60.4 Å². The first-order chi connectivity index (χ1) is 11.9. The first-order valence-corrected chi connectivity index (χ1v) is 8.07. The Hall–Kier alpha value is -2.82. The van der Waals surface area contributed by atoms with E-state index in [0.717, 1.165) is 5.56 Å². The average molecular weight is 340 g/mol. The summed E-state index contributed by atoms with van der Waals surface area (Å²) in [6.45, 7) is 6.50. The largest absolute Gasteiger partial charge is 0.493 e. The summed E-state index contributed by atoms with van der Waals surface area (Å²) in [5.74, 6) is 0.995. The van der Waals surface area contributed by atoms with Gasteiger partial charge in [0.25, 0.3) is 0 Å². The Morgan fingerprint density at radius 3 is 2.52 bits per heavy atom. The van der Waals surface area contributed by atoms with Crippen molar-refractivity contribution in [3.63, 3.8) is 0 Å². The van der Waals surface area contributed by atoms with Crippen molar-refractivity contribution in [1.82, 2.24) is 4.98 Å². The summed E-state index contributed by atoms with van der Waals surface area (Å²) in [5.41, 5.74) is 1.60. The van der Waals surface area contributed by atoms with Crippen LogP contribution in [0.2, 0.25) is 0 Å². The van der Waals surface area contributed by atoms with Gasteiger partial charge in [-0.15, -0.1) is 0 Å². The van der Waals surface area contributed by atoms with E-state index in [-0.39, 0.29) is 11.3 Å². The minimum absolute atomic E-state index is 0.0456. The number of hydrogen-bond donors (Lipinski definition) is 1. The van der Waals surface area contributed by atoms with Gasteiger partial charge in [0, 0.05) is 24.1 Å². The minimum atomic E-state index is -0.180. The topological polar surface area (TPSA) is 60.5 Å². The summed E-state index contributed by atoms with van der Waals surface area (Å²) in [6.07, 6.45) is 6.84. The highest BCUT2D eigenvalue weighted by molar-refractivity contribution is 5.99. The van der Waals surface area contributed by atoms with E-state index < -0.39 is 0 Å². The van der Waals surface area contributed by atoms with Crippen molar-refractivity contribution >= 4 is 11.6 Å². The number of carbonyl (C=O) groups is 1. The van der Waals surface area contributed by atoms with Crippen molar-refractivity contribution in [2.24, 2.45) is 5.41 Å². The Balaban J connectivity index is 2.08. The van der Waals surface area contributed by atoms with Gasteiger partial charge in [-0.05, 0) is 41.3 Å². The fourth-order valence-electron chi connectivity index (χ4n) is 2.02. The molecule has 0 aliphatic heterocycles. The van der Waals surface area contributed by atoms with Crippen LogP contribution in [-0.4, -0.2) is 18.0 Å². The number of methoxy groups -OCH3 is 1. The number of rotatable bonds is 6. The van der Waals surface area contributed by atoms with Crippen molar-refractivity contribution in [2.75, 3.05) is 12.4 Å². The molecule has 1 N–H and O–H groups in total. The molecule has 1 aromatic heterocycles. The molecular weight excluding hydrogens is 316 g/mol. The zero-order valence-electron chi connectivity index (χ0n) is 15.1. The van der Waals surface area contributed by atoms with Crippen LogP contribution in [0.15, 0.2) is 54.9 Å². The zero-order chi connectivity index (χ0) is 18.3. The molecule has 0 bridgehead atoms. The van der Waals surface area contributed by atoms with Crippen LogP contribution in [0.4, 0.5) is 5.69 Å². The first kappa shape index (κ1) is 18.5. The molecular formula is C20H24N2O3. The number of allylic oxidation sites excluding steroid dienone is 1. The molecule has 0 saturated carbocycles. The zero-order valence-corrected chi connectivity index (χ0v) is 15.1. The number of anilines is 1. The van der Waals surface area contributed by atoms with Crippen LogP contribution in [0.3, 0.4) is 0 Å². The number of benzene rings is 1. The molecule has 0 radical (unpaired) electrons. The highest BCUT2D eigenvalue weighted by Gasteiger charge is 2.09. The lowest BCUT2D eigenvalue weighted by molar-refractivity contribution is -0.112. The minimum Gasteiger partial charge on any atom is -0.493 e. The van der Waals surface area contributed by atoms with Crippen LogP contribution in [0.25, 0.3) is 0 Å². The van der Waals surface area contributed by atoms with Gasteiger partial charge in [0.05, 0.1) is 7.11 Å². The lowest BCUT2D eigenvalue weighted by Gasteiger charge is -2.13. The normalized spacial score (nSPS) is 11.4. The molecule has 25 heavy (non-hydrogen) atoms. The Morgan fingerprint density at radius 1 is 1.16 bits per heavy atom. The monoisotopic (exact) mass is 340 g/mol. The van der Waals surface area contributed by atoms with E-state index in [1.807, 2.05) is 39.0 Å². The number of hydrogen-bond acceptors (Lipinski definition) is 4. The number of nitrogens with one attached hydrogen (secondary N) is 1. The number of ether oxygens (including phenoxy) is 2. The van der Waals surface area contributed by atoms with E-state index >= 15 is 0 Å². The fraction of sp³-hybridized carbons (Fsp3) is 0.300. The van der Waals surface area contributed by atoms with Gasteiger partial charge >= 0.3 is 0 Å². The molecule has 0 aliphatic rings. The summed E-state index contributed by atoms with van der Waals surface area (Å²) in [7, 11) is 1.58. The molecule has 1 aromatic carbocycles. The van der Waals surface area contributed by atoms with Gasteiger partial charge in [0.2, 0.25) is 5.91 Å². The molecule has 0 unspecified atom stereocenters. The van der Waals surface area contributed by atoms with Crippen LogP contribution in [-0.2, 0) is 11.4 Å². The molecule has 1 heterocycles. The van der Waals surface area contributed by atoms with Gasteiger partial charge < -0.3 is 14.8 Å². The number of carbonyl (C=O) groups excluding carboxylic acids is 1. The molecule has 2 rings (SSSR count). The predicted molar refractivity (Wildman–Crippen MR) is 98.8 cm³/mol. The van der Waals surface area contributed by atoms with Crippen LogP contribution in [0.1, 0.15) is 26.3 Å². The number of amides is 1. The Morgan fingerprint density at radius 2 is 1.88 bits per heavy atom. The highest BCUT2D eigenvalue weighted by atomic mass is 16.5. The SMILES string of the molecule is COc1ccc(NC(=O)C=CC(C)(C)C)cc1OCc1ccncc1. The molecule has 1 amide bonds. The van der Waals surface area contributed by atoms with Gasteiger partial charge in [-0.1, -0.05) is 26.8 Å². The van der Waals surface area contributed by atoms with E-state index in [1.54, 1.807) is 43.8 Å². The van der Waals surface area contributed by atoms with E-state index in [9.17, 15) is 4.79 Å². The van der Waals surface area contributed by atoms with Crippen molar-refractivity contribution in [3.8, 4) is 11.5 Å². The molecule has 132 valence electrons. The second-order valence-electron chi connectivity index (χ2n) is 6.70. The van der Waals surface area contributed by atoms with Crippen molar-refractivity contribution < 1.29 is 14.3 Å². The standard InChI is InChI=1S/C20H24N2O3/c1-20(2,3)10-7-19(23)22-16-5-6-17(24-4)18(13-16)25-14-15-8-11-21-12-9-15/h5-13H,14H2,1-4H3,(H,22,23). The van der Waals surface area contributed by atoms with Gasteiger partial charge in [-0.25, -0.2) is 0 Å². The molecule has 5 nitrogen and oxygen atoms in total. The van der Waals surface area contributed by atoms with E-state index in [2.05, 4.69) is 10.3 Å². The Labute approximate surface area is 148 Å². The second kappa shape index (κ2) is 8.33. The van der Waals surface area contributed by atoms with Crippen LogP contribution in [0, 0.1) is 5.41 Å². The second-order valence-corrected chi connectivity index (χ2v) is 6.70. The molecule has 5 heteroatoms. The van der Waals surface area contributed by atoms with Crippen molar-refractivity contribution in [1.29, 1.82) is 0 Å². The first-order valence-electron chi connectivity index (χ1n) is 8.07. The summed E-state index contributed by atoms with van der Waals surface area (Å²) in [6, 6.07) is 9.07. The average Bonchev–Trinajstić information content (AvgIpc) is 2.59. The van der Waals surface area contributed by atoms with Gasteiger partial charge in [-0.3, -0.25) is 9.78 Å². The predicted octanol–water partition coefficient (Wildman–Crippen LogP) is 4.21. The summed E-state index contributed by atoms with van der Waals surface area (Å²) < 4.78 is 11.2. The third-order valence-corrected chi connectivity index (χ3v) is 3.31. The summed E-state index contributed by atoms with van der Waals surface area (Å²) >= 11 is 0.